The number of carbonyl (C=O) groups is 3. The van der Waals surface area contributed by atoms with E-state index < -0.39 is 23.7 Å². The molecular formula is C19H29N3O4S. The number of ether oxygens (including phenoxy) is 1. The molecule has 1 saturated carbocycles. The Labute approximate surface area is 165 Å². The summed E-state index contributed by atoms with van der Waals surface area (Å²) in [5, 5.41) is 12.0. The van der Waals surface area contributed by atoms with E-state index in [0.717, 1.165) is 25.7 Å². The van der Waals surface area contributed by atoms with E-state index in [1.54, 1.807) is 4.90 Å². The maximum atomic E-state index is 12.8. The lowest BCUT2D eigenvalue weighted by Crippen LogP contribution is -2.49. The third-order valence-corrected chi connectivity index (χ3v) is 5.96. The SMILES string of the molecule is CC(C)OCCCNC(=O)[C@H](C#N)C(=O)[C@H]1CSCN1C(=O)C1CCCC1. The molecule has 1 heterocycles. The first-order chi connectivity index (χ1) is 13.0. The topological polar surface area (TPSA) is 99.5 Å². The minimum atomic E-state index is -1.38. The van der Waals surface area contributed by atoms with Crippen LogP contribution in [0.4, 0.5) is 0 Å². The van der Waals surface area contributed by atoms with Crippen molar-refractivity contribution < 1.29 is 19.1 Å². The van der Waals surface area contributed by atoms with Crippen LogP contribution >= 0.6 is 11.8 Å². The van der Waals surface area contributed by atoms with Crippen molar-refractivity contribution in [1.29, 1.82) is 5.26 Å². The molecular weight excluding hydrogens is 366 g/mol. The summed E-state index contributed by atoms with van der Waals surface area (Å²) in [4.78, 5) is 39.4. The summed E-state index contributed by atoms with van der Waals surface area (Å²) in [7, 11) is 0. The molecule has 1 aliphatic heterocycles. The van der Waals surface area contributed by atoms with Gasteiger partial charge in [0, 0.05) is 24.8 Å². The Morgan fingerprint density at radius 2 is 2.00 bits per heavy atom. The number of rotatable bonds is 9. The zero-order chi connectivity index (χ0) is 19.8. The van der Waals surface area contributed by atoms with Crippen molar-refractivity contribution in [3.63, 3.8) is 0 Å². The van der Waals surface area contributed by atoms with E-state index in [0.29, 0.717) is 31.2 Å². The van der Waals surface area contributed by atoms with Crippen LogP contribution < -0.4 is 5.32 Å². The van der Waals surface area contributed by atoms with Crippen LogP contribution in [0.15, 0.2) is 0 Å². The van der Waals surface area contributed by atoms with E-state index >= 15 is 0 Å². The largest absolute Gasteiger partial charge is 0.379 e. The van der Waals surface area contributed by atoms with Gasteiger partial charge < -0.3 is 15.0 Å². The van der Waals surface area contributed by atoms with Crippen LogP contribution in [0.2, 0.25) is 0 Å². The van der Waals surface area contributed by atoms with Gasteiger partial charge in [-0.25, -0.2) is 0 Å². The maximum absolute atomic E-state index is 12.8. The fourth-order valence-electron chi connectivity index (χ4n) is 3.45. The average molecular weight is 396 g/mol. The van der Waals surface area contributed by atoms with Crippen LogP contribution in [-0.2, 0) is 19.1 Å². The standard InChI is InChI=1S/C19H29N3O4S/c1-13(2)26-9-5-8-21-18(24)15(10-20)17(23)16-11-27-12-22(16)19(25)14-6-3-4-7-14/h13-16H,3-9,11-12H2,1-2H3,(H,21,24)/t15-,16-/m1/s1. The molecule has 27 heavy (non-hydrogen) atoms. The molecule has 0 aromatic heterocycles. The molecule has 7 nitrogen and oxygen atoms in total. The predicted molar refractivity (Wildman–Crippen MR) is 103 cm³/mol. The Bertz CT molecular complexity index is 584. The molecule has 2 fully saturated rings. The fourth-order valence-corrected chi connectivity index (χ4v) is 4.63. The van der Waals surface area contributed by atoms with Gasteiger partial charge in [-0.2, -0.15) is 5.26 Å². The molecule has 0 aromatic rings. The normalized spacial score (nSPS) is 21.3. The molecule has 2 rings (SSSR count). The Balaban J connectivity index is 1.89. The maximum Gasteiger partial charge on any atom is 0.245 e. The highest BCUT2D eigenvalue weighted by molar-refractivity contribution is 7.99. The highest BCUT2D eigenvalue weighted by Crippen LogP contribution is 2.31. The second-order valence-electron chi connectivity index (χ2n) is 7.33. The number of thioether (sulfide) groups is 1. The number of nitrogens with one attached hydrogen (secondary N) is 1. The zero-order valence-corrected chi connectivity index (χ0v) is 16.9. The highest BCUT2D eigenvalue weighted by Gasteiger charge is 2.42. The van der Waals surface area contributed by atoms with E-state index in [1.807, 2.05) is 19.9 Å². The molecule has 1 saturated heterocycles. The van der Waals surface area contributed by atoms with Gasteiger partial charge in [0.25, 0.3) is 0 Å². The van der Waals surface area contributed by atoms with Gasteiger partial charge in [-0.1, -0.05) is 12.8 Å². The van der Waals surface area contributed by atoms with Crippen LogP contribution in [0.25, 0.3) is 0 Å². The number of Topliss-reactive ketones (excluding diaryl/α,β-unsaturated/α-hetero) is 1. The summed E-state index contributed by atoms with van der Waals surface area (Å²) in [5.74, 6) is -1.54. The molecule has 0 bridgehead atoms. The number of amides is 2. The summed E-state index contributed by atoms with van der Waals surface area (Å²) >= 11 is 1.50. The number of nitrogens with zero attached hydrogens (tertiary/aromatic N) is 2. The van der Waals surface area contributed by atoms with Gasteiger partial charge in [0.2, 0.25) is 11.8 Å². The number of ketones is 1. The summed E-state index contributed by atoms with van der Waals surface area (Å²) in [6.45, 7) is 4.72. The van der Waals surface area contributed by atoms with Crippen molar-refractivity contribution in [2.75, 3.05) is 24.8 Å². The molecule has 1 N–H and O–H groups in total. The smallest absolute Gasteiger partial charge is 0.245 e. The predicted octanol–water partition coefficient (Wildman–Crippen LogP) is 1.72. The summed E-state index contributed by atoms with van der Waals surface area (Å²) in [5.41, 5.74) is 0. The monoisotopic (exact) mass is 395 g/mol. The van der Waals surface area contributed by atoms with Gasteiger partial charge in [-0.3, -0.25) is 14.4 Å². The van der Waals surface area contributed by atoms with Crippen molar-refractivity contribution in [1.82, 2.24) is 10.2 Å². The molecule has 8 heteroatoms. The first kappa shape index (κ1) is 21.7. The van der Waals surface area contributed by atoms with Gasteiger partial charge in [-0.15, -0.1) is 11.8 Å². The van der Waals surface area contributed by atoms with Crippen LogP contribution in [0.1, 0.15) is 46.0 Å². The second kappa shape index (κ2) is 10.7. The van der Waals surface area contributed by atoms with Crippen LogP contribution in [0, 0.1) is 23.2 Å². The quantitative estimate of drug-likeness (QED) is 0.471. The molecule has 1 aliphatic carbocycles. The summed E-state index contributed by atoms with van der Waals surface area (Å²) < 4.78 is 5.40. The molecule has 0 aromatic carbocycles. The van der Waals surface area contributed by atoms with Gasteiger partial charge in [-0.05, 0) is 33.1 Å². The Kier molecular flexibility index (Phi) is 8.58. The highest BCUT2D eigenvalue weighted by atomic mass is 32.2. The number of hydrogen-bond donors (Lipinski definition) is 1. The summed E-state index contributed by atoms with van der Waals surface area (Å²) in [6, 6.07) is 1.15. The Morgan fingerprint density at radius 3 is 2.63 bits per heavy atom. The van der Waals surface area contributed by atoms with Gasteiger partial charge >= 0.3 is 0 Å². The van der Waals surface area contributed by atoms with Gasteiger partial charge in [0.1, 0.15) is 6.04 Å². The van der Waals surface area contributed by atoms with E-state index in [4.69, 9.17) is 4.74 Å². The van der Waals surface area contributed by atoms with Crippen LogP contribution in [-0.4, -0.2) is 59.4 Å². The van der Waals surface area contributed by atoms with Crippen molar-refractivity contribution >= 4 is 29.4 Å². The molecule has 0 spiro atoms. The minimum absolute atomic E-state index is 0.00113. The lowest BCUT2D eigenvalue weighted by Gasteiger charge is -2.26. The van der Waals surface area contributed by atoms with E-state index in [9.17, 15) is 19.6 Å². The number of carbonyl (C=O) groups excluding carboxylic acids is 3. The molecule has 0 unspecified atom stereocenters. The van der Waals surface area contributed by atoms with E-state index in [1.165, 1.54) is 11.8 Å². The molecule has 2 aliphatic rings. The lowest BCUT2D eigenvalue weighted by atomic mass is 9.97. The Morgan fingerprint density at radius 1 is 1.30 bits per heavy atom. The third-order valence-electron chi connectivity index (χ3n) is 4.95. The Hall–Kier alpha value is -1.59. The molecule has 150 valence electrons. The van der Waals surface area contributed by atoms with Crippen LogP contribution in [0.3, 0.4) is 0 Å². The van der Waals surface area contributed by atoms with E-state index in [2.05, 4.69) is 5.32 Å². The van der Waals surface area contributed by atoms with Gasteiger partial charge in [0.05, 0.1) is 18.0 Å². The van der Waals surface area contributed by atoms with Crippen LogP contribution in [0.5, 0.6) is 0 Å². The number of nitriles is 1. The van der Waals surface area contributed by atoms with Crippen molar-refractivity contribution in [2.24, 2.45) is 11.8 Å². The molecule has 2 atom stereocenters. The lowest BCUT2D eigenvalue weighted by molar-refractivity contribution is -0.143. The number of hydrogen-bond acceptors (Lipinski definition) is 6. The summed E-state index contributed by atoms with van der Waals surface area (Å²) in [6.07, 6.45) is 4.54. The fraction of sp³-hybridized carbons (Fsp3) is 0.789. The van der Waals surface area contributed by atoms with Gasteiger partial charge in [0.15, 0.2) is 11.7 Å². The first-order valence-electron chi connectivity index (χ1n) is 9.66. The minimum Gasteiger partial charge on any atom is -0.379 e. The zero-order valence-electron chi connectivity index (χ0n) is 16.1. The second-order valence-corrected chi connectivity index (χ2v) is 8.33. The van der Waals surface area contributed by atoms with Crippen molar-refractivity contribution in [3.05, 3.63) is 0 Å². The van der Waals surface area contributed by atoms with Crippen molar-refractivity contribution in [3.8, 4) is 6.07 Å². The van der Waals surface area contributed by atoms with Crippen molar-refractivity contribution in [2.45, 2.75) is 58.1 Å². The average Bonchev–Trinajstić information content (AvgIpc) is 3.32. The molecule has 0 radical (unpaired) electrons. The third kappa shape index (κ3) is 5.94. The van der Waals surface area contributed by atoms with E-state index in [-0.39, 0.29) is 17.9 Å². The first-order valence-corrected chi connectivity index (χ1v) is 10.8. The molecule has 2 amide bonds.